The first kappa shape index (κ1) is 21.4. The van der Waals surface area contributed by atoms with Crippen LogP contribution in [0, 0.1) is 5.82 Å². The Balaban J connectivity index is 1.87. The van der Waals surface area contributed by atoms with Crippen molar-refractivity contribution in [2.24, 2.45) is 0 Å². The second-order valence-corrected chi connectivity index (χ2v) is 7.52. The average Bonchev–Trinajstić information content (AvgIpc) is 3.19. The molecule has 4 aromatic rings. The van der Waals surface area contributed by atoms with Crippen LogP contribution in [0.15, 0.2) is 72.9 Å². The van der Waals surface area contributed by atoms with Crippen molar-refractivity contribution in [3.63, 3.8) is 0 Å². The molecule has 6 nitrogen and oxygen atoms in total. The number of anilines is 2. The zero-order chi connectivity index (χ0) is 22.5. The highest BCUT2D eigenvalue weighted by Gasteiger charge is 2.22. The minimum absolute atomic E-state index is 0.105. The fourth-order valence-corrected chi connectivity index (χ4v) is 3.42. The molecule has 0 aliphatic rings. The second kappa shape index (κ2) is 9.53. The number of halogens is 1. The van der Waals surface area contributed by atoms with Crippen LogP contribution in [0.3, 0.4) is 0 Å². The number of aliphatic hydroxyl groups excluding tert-OH is 1. The third-order valence-corrected chi connectivity index (χ3v) is 4.86. The zero-order valence-corrected chi connectivity index (χ0v) is 17.9. The number of nitrogens with zero attached hydrogens (tertiary/aromatic N) is 4. The molecule has 0 saturated carbocycles. The van der Waals surface area contributed by atoms with Gasteiger partial charge in [-0.25, -0.2) is 19.3 Å². The molecule has 0 spiro atoms. The van der Waals surface area contributed by atoms with Crippen LogP contribution in [0.4, 0.5) is 16.0 Å². The van der Waals surface area contributed by atoms with E-state index in [9.17, 15) is 9.50 Å². The Morgan fingerprint density at radius 1 is 1.03 bits per heavy atom. The minimum Gasteiger partial charge on any atom is -0.392 e. The van der Waals surface area contributed by atoms with Crippen molar-refractivity contribution < 1.29 is 9.50 Å². The van der Waals surface area contributed by atoms with Crippen molar-refractivity contribution in [1.82, 2.24) is 19.5 Å². The smallest absolute Gasteiger partial charge is 0.227 e. The van der Waals surface area contributed by atoms with Gasteiger partial charge in [0, 0.05) is 29.6 Å². The summed E-state index contributed by atoms with van der Waals surface area (Å²) in [6.45, 7) is 3.99. The molecule has 0 amide bonds. The summed E-state index contributed by atoms with van der Waals surface area (Å²) in [7, 11) is 0. The lowest BCUT2D eigenvalue weighted by atomic mass is 10.1. The lowest BCUT2D eigenvalue weighted by Gasteiger charge is -2.11. The molecule has 2 aromatic carbocycles. The van der Waals surface area contributed by atoms with E-state index < -0.39 is 0 Å². The monoisotopic (exact) mass is 429 g/mol. The predicted molar refractivity (Wildman–Crippen MR) is 125 cm³/mol. The van der Waals surface area contributed by atoms with E-state index in [-0.39, 0.29) is 18.3 Å². The molecule has 162 valence electrons. The van der Waals surface area contributed by atoms with Gasteiger partial charge in [0.15, 0.2) is 0 Å². The summed E-state index contributed by atoms with van der Waals surface area (Å²) in [6, 6.07) is 17.8. The van der Waals surface area contributed by atoms with Crippen LogP contribution in [0.1, 0.15) is 25.6 Å². The van der Waals surface area contributed by atoms with Crippen molar-refractivity contribution in [2.45, 2.75) is 19.8 Å². The van der Waals surface area contributed by atoms with Gasteiger partial charge in [-0.2, -0.15) is 0 Å². The van der Waals surface area contributed by atoms with Gasteiger partial charge in [0.2, 0.25) is 5.95 Å². The van der Waals surface area contributed by atoms with Gasteiger partial charge < -0.3 is 15.0 Å². The third kappa shape index (κ3) is 4.58. The summed E-state index contributed by atoms with van der Waals surface area (Å²) < 4.78 is 15.6. The number of hydrogen-bond acceptors (Lipinski definition) is 5. The molecule has 7 heteroatoms. The van der Waals surface area contributed by atoms with E-state index in [1.807, 2.05) is 48.7 Å². The highest BCUT2D eigenvalue weighted by Crippen LogP contribution is 2.35. The Bertz CT molecular complexity index is 1220. The number of imidazole rings is 1. The molecule has 2 N–H and O–H groups in total. The van der Waals surface area contributed by atoms with Gasteiger partial charge in [-0.1, -0.05) is 32.0 Å². The van der Waals surface area contributed by atoms with E-state index in [4.69, 9.17) is 9.97 Å². The first-order valence-corrected chi connectivity index (χ1v) is 10.4. The lowest BCUT2D eigenvalue weighted by Crippen LogP contribution is -2.01. The minimum atomic E-state index is -0.312. The number of nitrogens with one attached hydrogen (secondary N) is 1. The van der Waals surface area contributed by atoms with Crippen LogP contribution in [-0.4, -0.2) is 31.2 Å². The molecule has 0 atom stereocenters. The fourth-order valence-electron chi connectivity index (χ4n) is 3.42. The number of rotatable bonds is 7. The number of aromatic nitrogens is 4. The second-order valence-electron chi connectivity index (χ2n) is 7.52. The van der Waals surface area contributed by atoms with E-state index >= 15 is 0 Å². The first-order valence-electron chi connectivity index (χ1n) is 10.4. The van der Waals surface area contributed by atoms with E-state index in [0.29, 0.717) is 17.3 Å². The molecule has 2 aromatic heterocycles. The van der Waals surface area contributed by atoms with Gasteiger partial charge in [0.1, 0.15) is 17.3 Å². The Labute approximate surface area is 186 Å². The molecule has 0 aliphatic carbocycles. The van der Waals surface area contributed by atoms with Crippen LogP contribution >= 0.6 is 0 Å². The zero-order valence-electron chi connectivity index (χ0n) is 17.9. The van der Waals surface area contributed by atoms with Crippen molar-refractivity contribution in [1.29, 1.82) is 0 Å². The molecule has 4 rings (SSSR count). The Morgan fingerprint density at radius 3 is 2.47 bits per heavy atom. The molecule has 32 heavy (non-hydrogen) atoms. The topological polar surface area (TPSA) is 75.9 Å². The van der Waals surface area contributed by atoms with Crippen LogP contribution in [-0.2, 0) is 0 Å². The molecule has 0 radical (unpaired) electrons. The molecule has 2 heterocycles. The largest absolute Gasteiger partial charge is 0.392 e. The SMILES string of the molecule is CC(C)c1nc(-c2ccnc(Nc3ccccc3)n2)c(-c2ccc(F)cc2)n1C=CCO. The highest BCUT2D eigenvalue weighted by molar-refractivity contribution is 5.79. The van der Waals surface area contributed by atoms with Crippen molar-refractivity contribution in [3.8, 4) is 22.6 Å². The van der Waals surface area contributed by atoms with Crippen LogP contribution in [0.25, 0.3) is 28.8 Å². The average molecular weight is 429 g/mol. The van der Waals surface area contributed by atoms with Crippen molar-refractivity contribution in [2.75, 3.05) is 11.9 Å². The van der Waals surface area contributed by atoms with Crippen molar-refractivity contribution >= 4 is 17.8 Å². The molecular weight excluding hydrogens is 405 g/mol. The van der Waals surface area contributed by atoms with Gasteiger partial charge in [-0.15, -0.1) is 0 Å². The van der Waals surface area contributed by atoms with Gasteiger partial charge >= 0.3 is 0 Å². The van der Waals surface area contributed by atoms with Crippen molar-refractivity contribution in [3.05, 3.63) is 84.6 Å². The predicted octanol–water partition coefficient (Wildman–Crippen LogP) is 5.48. The van der Waals surface area contributed by atoms with E-state index in [1.54, 1.807) is 36.7 Å². The van der Waals surface area contributed by atoms with E-state index in [1.165, 1.54) is 12.1 Å². The lowest BCUT2D eigenvalue weighted by molar-refractivity contribution is 0.343. The molecular formula is C25H24FN5O. The van der Waals surface area contributed by atoms with Crippen LogP contribution in [0.5, 0.6) is 0 Å². The number of para-hydroxylation sites is 1. The Hall–Kier alpha value is -3.84. The third-order valence-electron chi connectivity index (χ3n) is 4.86. The van der Waals surface area contributed by atoms with Crippen LogP contribution in [0.2, 0.25) is 0 Å². The quantitative estimate of drug-likeness (QED) is 0.407. The molecule has 0 bridgehead atoms. The summed E-state index contributed by atoms with van der Waals surface area (Å²) in [4.78, 5) is 13.9. The summed E-state index contributed by atoms with van der Waals surface area (Å²) in [5.41, 5.74) is 3.72. The summed E-state index contributed by atoms with van der Waals surface area (Å²) in [5, 5.41) is 12.6. The van der Waals surface area contributed by atoms with Gasteiger partial charge in [0.25, 0.3) is 0 Å². The van der Waals surface area contributed by atoms with E-state index in [0.717, 1.165) is 22.8 Å². The molecule has 0 aliphatic heterocycles. The maximum Gasteiger partial charge on any atom is 0.227 e. The number of aliphatic hydroxyl groups is 1. The fraction of sp³-hybridized carbons (Fsp3) is 0.160. The Morgan fingerprint density at radius 2 is 1.78 bits per heavy atom. The van der Waals surface area contributed by atoms with Gasteiger partial charge in [-0.3, -0.25) is 0 Å². The van der Waals surface area contributed by atoms with Gasteiger partial charge in [0.05, 0.1) is 18.0 Å². The first-order chi connectivity index (χ1) is 15.6. The number of benzene rings is 2. The Kier molecular flexibility index (Phi) is 6.37. The van der Waals surface area contributed by atoms with E-state index in [2.05, 4.69) is 10.3 Å². The standard InChI is InChI=1S/C25H24FN5O/c1-17(2)24-30-22(21-13-14-27-25(29-21)28-20-7-4-3-5-8-20)23(31(24)15-6-16-32)18-9-11-19(26)12-10-18/h3-15,17,32H,16H2,1-2H3,(H,27,28,29). The summed E-state index contributed by atoms with van der Waals surface area (Å²) in [6.07, 6.45) is 5.11. The maximum atomic E-state index is 13.6. The van der Waals surface area contributed by atoms with Gasteiger partial charge in [-0.05, 0) is 48.5 Å². The molecule has 0 unspecified atom stereocenters. The molecule has 0 saturated heterocycles. The summed E-state index contributed by atoms with van der Waals surface area (Å²) in [5.74, 6) is 1.05. The summed E-state index contributed by atoms with van der Waals surface area (Å²) >= 11 is 0. The number of hydrogen-bond donors (Lipinski definition) is 2. The normalized spacial score (nSPS) is 11.4. The van der Waals surface area contributed by atoms with Crippen LogP contribution < -0.4 is 5.32 Å². The maximum absolute atomic E-state index is 13.6. The highest BCUT2D eigenvalue weighted by atomic mass is 19.1. The molecule has 0 fully saturated rings.